The van der Waals surface area contributed by atoms with E-state index in [1.54, 1.807) is 0 Å². The van der Waals surface area contributed by atoms with Crippen molar-refractivity contribution in [1.82, 2.24) is 0 Å². The summed E-state index contributed by atoms with van der Waals surface area (Å²) in [5, 5.41) is 2.90. The molecule has 1 atom stereocenters. The monoisotopic (exact) mass is 310 g/mol. The molecule has 0 bridgehead atoms. The number of carbonyl (C=O) groups is 1. The second-order valence-corrected chi connectivity index (χ2v) is 7.78. The SMILES string of the molecule is CCN(C)c1ccccc1NC(=O)CC1CCS(=O)(=O)C1. The molecule has 1 saturated heterocycles. The van der Waals surface area contributed by atoms with Gasteiger partial charge in [-0.2, -0.15) is 0 Å². The first-order chi connectivity index (χ1) is 9.91. The number of hydrogen-bond acceptors (Lipinski definition) is 4. The third-order valence-electron chi connectivity index (χ3n) is 3.86. The van der Waals surface area contributed by atoms with Crippen molar-refractivity contribution < 1.29 is 13.2 Å². The van der Waals surface area contributed by atoms with Crippen molar-refractivity contribution in [3.63, 3.8) is 0 Å². The summed E-state index contributed by atoms with van der Waals surface area (Å²) in [6, 6.07) is 7.63. The molecule has 0 aliphatic carbocycles. The molecule has 1 N–H and O–H groups in total. The zero-order chi connectivity index (χ0) is 15.5. The minimum Gasteiger partial charge on any atom is -0.373 e. The molecule has 0 radical (unpaired) electrons. The van der Waals surface area contributed by atoms with Crippen molar-refractivity contribution in [3.8, 4) is 0 Å². The van der Waals surface area contributed by atoms with E-state index in [-0.39, 0.29) is 29.8 Å². The lowest BCUT2D eigenvalue weighted by Gasteiger charge is -2.21. The largest absolute Gasteiger partial charge is 0.373 e. The van der Waals surface area contributed by atoms with Crippen LogP contribution >= 0.6 is 0 Å². The third-order valence-corrected chi connectivity index (χ3v) is 5.70. The highest BCUT2D eigenvalue weighted by atomic mass is 32.2. The molecule has 0 aromatic heterocycles. The summed E-state index contributed by atoms with van der Waals surface area (Å²) in [6.07, 6.45) is 0.857. The van der Waals surface area contributed by atoms with E-state index >= 15 is 0 Å². The third kappa shape index (κ3) is 4.20. The summed E-state index contributed by atoms with van der Waals surface area (Å²) in [7, 11) is -0.961. The van der Waals surface area contributed by atoms with Crippen LogP contribution in [-0.2, 0) is 14.6 Å². The number of hydrogen-bond donors (Lipinski definition) is 1. The lowest BCUT2D eigenvalue weighted by molar-refractivity contribution is -0.116. The van der Waals surface area contributed by atoms with Crippen LogP contribution in [0.2, 0.25) is 0 Å². The summed E-state index contributed by atoms with van der Waals surface area (Å²) >= 11 is 0. The van der Waals surface area contributed by atoms with Gasteiger partial charge in [0.2, 0.25) is 5.91 Å². The quantitative estimate of drug-likeness (QED) is 0.902. The van der Waals surface area contributed by atoms with Crippen LogP contribution in [0.4, 0.5) is 11.4 Å². The van der Waals surface area contributed by atoms with E-state index in [2.05, 4.69) is 10.2 Å². The average Bonchev–Trinajstić information content (AvgIpc) is 2.77. The lowest BCUT2D eigenvalue weighted by atomic mass is 10.0. The van der Waals surface area contributed by atoms with Crippen LogP contribution in [-0.4, -0.2) is 39.4 Å². The van der Waals surface area contributed by atoms with Gasteiger partial charge in [0.25, 0.3) is 0 Å². The Morgan fingerprint density at radius 2 is 2.10 bits per heavy atom. The highest BCUT2D eigenvalue weighted by Gasteiger charge is 2.29. The molecule has 0 saturated carbocycles. The van der Waals surface area contributed by atoms with Crippen LogP contribution in [0, 0.1) is 5.92 Å². The molecular weight excluding hydrogens is 288 g/mol. The van der Waals surface area contributed by atoms with Crippen molar-refractivity contribution in [2.45, 2.75) is 19.8 Å². The van der Waals surface area contributed by atoms with E-state index in [9.17, 15) is 13.2 Å². The maximum Gasteiger partial charge on any atom is 0.224 e. The van der Waals surface area contributed by atoms with Gasteiger partial charge in [-0.25, -0.2) is 8.42 Å². The van der Waals surface area contributed by atoms with Gasteiger partial charge in [0, 0.05) is 20.0 Å². The Hall–Kier alpha value is -1.56. The second-order valence-electron chi connectivity index (χ2n) is 5.55. The van der Waals surface area contributed by atoms with Gasteiger partial charge in [0.1, 0.15) is 0 Å². The molecule has 6 heteroatoms. The number of benzene rings is 1. The molecule has 1 aliphatic rings. The smallest absolute Gasteiger partial charge is 0.224 e. The summed E-state index contributed by atoms with van der Waals surface area (Å²) in [5.41, 5.74) is 1.74. The summed E-state index contributed by atoms with van der Waals surface area (Å²) < 4.78 is 22.8. The minimum absolute atomic E-state index is 0.0499. The van der Waals surface area contributed by atoms with Crippen molar-refractivity contribution in [1.29, 1.82) is 0 Å². The van der Waals surface area contributed by atoms with E-state index in [1.807, 2.05) is 38.2 Å². The van der Waals surface area contributed by atoms with E-state index in [1.165, 1.54) is 0 Å². The summed E-state index contributed by atoms with van der Waals surface area (Å²) in [5.74, 6) is 0.178. The fourth-order valence-electron chi connectivity index (χ4n) is 2.58. The number of anilines is 2. The Balaban J connectivity index is 2.00. The number of rotatable bonds is 5. The van der Waals surface area contributed by atoms with Crippen LogP contribution in [0.25, 0.3) is 0 Å². The Morgan fingerprint density at radius 1 is 1.38 bits per heavy atom. The zero-order valence-electron chi connectivity index (χ0n) is 12.5. The summed E-state index contributed by atoms with van der Waals surface area (Å²) in [4.78, 5) is 14.2. The van der Waals surface area contributed by atoms with E-state index in [0.717, 1.165) is 17.9 Å². The van der Waals surface area contributed by atoms with E-state index < -0.39 is 9.84 Å². The van der Waals surface area contributed by atoms with Gasteiger partial charge in [-0.15, -0.1) is 0 Å². The maximum absolute atomic E-state index is 12.1. The second kappa shape index (κ2) is 6.47. The van der Waals surface area contributed by atoms with Crippen LogP contribution in [0.1, 0.15) is 19.8 Å². The number of nitrogens with one attached hydrogen (secondary N) is 1. The first-order valence-electron chi connectivity index (χ1n) is 7.21. The number of nitrogens with zero attached hydrogens (tertiary/aromatic N) is 1. The van der Waals surface area contributed by atoms with Gasteiger partial charge in [0.05, 0.1) is 22.9 Å². The molecular formula is C15H22N2O3S. The Labute approximate surface area is 126 Å². The standard InChI is InChI=1S/C15H22N2O3S/c1-3-17(2)14-7-5-4-6-13(14)16-15(18)10-12-8-9-21(19,20)11-12/h4-7,12H,3,8-11H2,1-2H3,(H,16,18). The normalized spacial score (nSPS) is 20.2. The van der Waals surface area contributed by atoms with Crippen LogP contribution in [0.15, 0.2) is 24.3 Å². The molecule has 0 spiro atoms. The molecule has 1 heterocycles. The number of sulfone groups is 1. The lowest BCUT2D eigenvalue weighted by Crippen LogP contribution is -2.21. The molecule has 1 aromatic carbocycles. The first-order valence-corrected chi connectivity index (χ1v) is 9.04. The highest BCUT2D eigenvalue weighted by Crippen LogP contribution is 2.26. The topological polar surface area (TPSA) is 66.5 Å². The van der Waals surface area contributed by atoms with Gasteiger partial charge in [-0.3, -0.25) is 4.79 Å². The maximum atomic E-state index is 12.1. The highest BCUT2D eigenvalue weighted by molar-refractivity contribution is 7.91. The molecule has 5 nitrogen and oxygen atoms in total. The average molecular weight is 310 g/mol. The van der Waals surface area contributed by atoms with Crippen LogP contribution in [0.3, 0.4) is 0 Å². The predicted molar refractivity (Wildman–Crippen MR) is 85.4 cm³/mol. The predicted octanol–water partition coefficient (Wildman–Crippen LogP) is 1.91. The Bertz CT molecular complexity index is 613. The van der Waals surface area contributed by atoms with Crippen molar-refractivity contribution >= 4 is 27.1 Å². The van der Waals surface area contributed by atoms with Crippen molar-refractivity contribution in [3.05, 3.63) is 24.3 Å². The first kappa shape index (κ1) is 15.8. The molecule has 1 aromatic rings. The molecule has 1 aliphatic heterocycles. The van der Waals surface area contributed by atoms with E-state index in [0.29, 0.717) is 6.42 Å². The Morgan fingerprint density at radius 3 is 2.71 bits per heavy atom. The molecule has 1 unspecified atom stereocenters. The zero-order valence-corrected chi connectivity index (χ0v) is 13.3. The van der Waals surface area contributed by atoms with Gasteiger partial charge >= 0.3 is 0 Å². The fraction of sp³-hybridized carbons (Fsp3) is 0.533. The number of carbonyl (C=O) groups excluding carboxylic acids is 1. The molecule has 1 amide bonds. The molecule has 2 rings (SSSR count). The van der Waals surface area contributed by atoms with Crippen LogP contribution in [0.5, 0.6) is 0 Å². The molecule has 21 heavy (non-hydrogen) atoms. The molecule has 1 fully saturated rings. The fourth-order valence-corrected chi connectivity index (χ4v) is 4.44. The van der Waals surface area contributed by atoms with Gasteiger partial charge < -0.3 is 10.2 Å². The van der Waals surface area contributed by atoms with Gasteiger partial charge in [0.15, 0.2) is 9.84 Å². The number of amides is 1. The summed E-state index contributed by atoms with van der Waals surface area (Å²) in [6.45, 7) is 2.88. The van der Waals surface area contributed by atoms with Crippen molar-refractivity contribution in [2.75, 3.05) is 35.3 Å². The minimum atomic E-state index is -2.93. The molecule has 116 valence electrons. The van der Waals surface area contributed by atoms with Crippen molar-refractivity contribution in [2.24, 2.45) is 5.92 Å². The van der Waals surface area contributed by atoms with Gasteiger partial charge in [-0.05, 0) is 31.4 Å². The van der Waals surface area contributed by atoms with E-state index in [4.69, 9.17) is 0 Å². The van der Waals surface area contributed by atoms with Crippen LogP contribution < -0.4 is 10.2 Å². The number of para-hydroxylation sites is 2. The Kier molecular flexibility index (Phi) is 4.88. The van der Waals surface area contributed by atoms with Gasteiger partial charge in [-0.1, -0.05) is 12.1 Å².